The van der Waals surface area contributed by atoms with Crippen molar-refractivity contribution in [2.24, 2.45) is 4.99 Å². The van der Waals surface area contributed by atoms with Gasteiger partial charge in [0.1, 0.15) is 0 Å². The van der Waals surface area contributed by atoms with Gasteiger partial charge < -0.3 is 15.7 Å². The molecule has 0 spiro atoms. The van der Waals surface area contributed by atoms with Crippen LogP contribution in [0.1, 0.15) is 51.0 Å². The predicted octanol–water partition coefficient (Wildman–Crippen LogP) is 3.19. The molecule has 1 aliphatic heterocycles. The van der Waals surface area contributed by atoms with Crippen LogP contribution in [0.15, 0.2) is 21.8 Å². The third-order valence-electron chi connectivity index (χ3n) is 5.32. The molecule has 0 atom stereocenters. The summed E-state index contributed by atoms with van der Waals surface area (Å²) in [4.78, 5) is 7.21. The van der Waals surface area contributed by atoms with Crippen LogP contribution in [-0.4, -0.2) is 53.8 Å². The highest BCUT2D eigenvalue weighted by Gasteiger charge is 2.31. The molecule has 3 rings (SSSR count). The molecule has 1 aromatic heterocycles. The SMILES string of the molecule is CCNC(=NCC1(O)CCCC1)NC1CCN(Cc2ccsc2)CC1.I. The van der Waals surface area contributed by atoms with E-state index in [9.17, 15) is 5.11 Å². The molecule has 0 amide bonds. The van der Waals surface area contributed by atoms with Crippen molar-refractivity contribution in [2.75, 3.05) is 26.2 Å². The van der Waals surface area contributed by atoms with Crippen molar-refractivity contribution in [3.63, 3.8) is 0 Å². The third-order valence-corrected chi connectivity index (χ3v) is 6.06. The third kappa shape index (κ3) is 6.65. The molecule has 26 heavy (non-hydrogen) atoms. The molecule has 3 N–H and O–H groups in total. The van der Waals surface area contributed by atoms with Gasteiger partial charge in [-0.2, -0.15) is 11.3 Å². The normalized spacial score (nSPS) is 21.4. The molecule has 0 bridgehead atoms. The number of nitrogens with zero attached hydrogens (tertiary/aromatic N) is 2. The second kappa shape index (κ2) is 10.8. The molecule has 1 aromatic rings. The molecular weight excluding hydrogens is 459 g/mol. The molecule has 2 fully saturated rings. The fourth-order valence-corrected chi connectivity index (χ4v) is 4.47. The van der Waals surface area contributed by atoms with E-state index >= 15 is 0 Å². The predicted molar refractivity (Wildman–Crippen MR) is 121 cm³/mol. The van der Waals surface area contributed by atoms with Crippen LogP contribution in [-0.2, 0) is 6.54 Å². The lowest BCUT2D eigenvalue weighted by Gasteiger charge is -2.33. The summed E-state index contributed by atoms with van der Waals surface area (Å²) in [6.07, 6.45) is 6.29. The molecule has 0 aromatic carbocycles. The molecule has 2 heterocycles. The van der Waals surface area contributed by atoms with Crippen LogP contribution in [0.5, 0.6) is 0 Å². The van der Waals surface area contributed by atoms with Crippen LogP contribution >= 0.6 is 35.3 Å². The quantitative estimate of drug-likeness (QED) is 0.325. The van der Waals surface area contributed by atoms with Gasteiger partial charge in [0.05, 0.1) is 12.1 Å². The van der Waals surface area contributed by atoms with Crippen LogP contribution in [0.3, 0.4) is 0 Å². The Bertz CT molecular complexity index is 538. The smallest absolute Gasteiger partial charge is 0.191 e. The number of rotatable bonds is 6. The summed E-state index contributed by atoms with van der Waals surface area (Å²) < 4.78 is 0. The average Bonchev–Trinajstić information content (AvgIpc) is 3.27. The van der Waals surface area contributed by atoms with Crippen LogP contribution in [0.4, 0.5) is 0 Å². The van der Waals surface area contributed by atoms with E-state index in [-0.39, 0.29) is 24.0 Å². The van der Waals surface area contributed by atoms with Crippen LogP contribution in [0, 0.1) is 0 Å². The lowest BCUT2D eigenvalue weighted by molar-refractivity contribution is 0.0573. The van der Waals surface area contributed by atoms with Crippen molar-refractivity contribution in [1.29, 1.82) is 0 Å². The maximum Gasteiger partial charge on any atom is 0.191 e. The largest absolute Gasteiger partial charge is 0.388 e. The minimum Gasteiger partial charge on any atom is -0.388 e. The minimum atomic E-state index is -0.577. The Balaban J connectivity index is 0.00000243. The minimum absolute atomic E-state index is 0. The van der Waals surface area contributed by atoms with E-state index in [2.05, 4.69) is 44.3 Å². The van der Waals surface area contributed by atoms with E-state index < -0.39 is 5.60 Å². The van der Waals surface area contributed by atoms with Crippen molar-refractivity contribution in [1.82, 2.24) is 15.5 Å². The topological polar surface area (TPSA) is 59.9 Å². The molecule has 5 nitrogen and oxygen atoms in total. The zero-order valence-corrected chi connectivity index (χ0v) is 18.9. The Morgan fingerprint density at radius 2 is 2.08 bits per heavy atom. The summed E-state index contributed by atoms with van der Waals surface area (Å²) in [5.41, 5.74) is 0.850. The summed E-state index contributed by atoms with van der Waals surface area (Å²) >= 11 is 1.77. The zero-order chi connectivity index (χ0) is 17.5. The number of likely N-dealkylation sites (tertiary alicyclic amines) is 1. The summed E-state index contributed by atoms with van der Waals surface area (Å²) in [6.45, 7) is 6.76. The number of aliphatic hydroxyl groups is 1. The average molecular weight is 492 g/mol. The second-order valence-corrected chi connectivity index (χ2v) is 8.23. The van der Waals surface area contributed by atoms with E-state index in [1.165, 1.54) is 5.56 Å². The van der Waals surface area contributed by atoms with Crippen molar-refractivity contribution in [3.8, 4) is 0 Å². The summed E-state index contributed by atoms with van der Waals surface area (Å²) in [6, 6.07) is 2.69. The monoisotopic (exact) mass is 492 g/mol. The Kier molecular flexibility index (Phi) is 9.12. The number of guanidine groups is 1. The highest BCUT2D eigenvalue weighted by atomic mass is 127. The number of thiophene rings is 1. The van der Waals surface area contributed by atoms with Gasteiger partial charge in [0.25, 0.3) is 0 Å². The van der Waals surface area contributed by atoms with Crippen molar-refractivity contribution >= 4 is 41.3 Å². The Morgan fingerprint density at radius 1 is 1.35 bits per heavy atom. The van der Waals surface area contributed by atoms with Crippen LogP contribution in [0.2, 0.25) is 0 Å². The highest BCUT2D eigenvalue weighted by molar-refractivity contribution is 14.0. The molecule has 2 aliphatic rings. The number of aliphatic imine (C=N–C) groups is 1. The van der Waals surface area contributed by atoms with E-state index in [1.54, 1.807) is 11.3 Å². The van der Waals surface area contributed by atoms with Gasteiger partial charge in [0.15, 0.2) is 5.96 Å². The lowest BCUT2D eigenvalue weighted by atomic mass is 10.0. The van der Waals surface area contributed by atoms with Gasteiger partial charge in [-0.25, -0.2) is 0 Å². The fourth-order valence-electron chi connectivity index (χ4n) is 3.81. The Labute approximate surface area is 178 Å². The number of piperidine rings is 1. The van der Waals surface area contributed by atoms with Crippen LogP contribution < -0.4 is 10.6 Å². The van der Waals surface area contributed by atoms with Gasteiger partial charge in [-0.3, -0.25) is 9.89 Å². The maximum atomic E-state index is 10.5. The Hall–Kier alpha value is -0.380. The zero-order valence-electron chi connectivity index (χ0n) is 15.7. The van der Waals surface area contributed by atoms with Gasteiger partial charge in [-0.1, -0.05) is 12.8 Å². The number of halogens is 1. The van der Waals surface area contributed by atoms with E-state index in [0.29, 0.717) is 12.6 Å². The first-order chi connectivity index (χ1) is 12.2. The van der Waals surface area contributed by atoms with Crippen molar-refractivity contribution < 1.29 is 5.11 Å². The molecule has 1 aliphatic carbocycles. The molecule has 0 unspecified atom stereocenters. The van der Waals surface area contributed by atoms with Gasteiger partial charge in [0, 0.05) is 32.2 Å². The summed E-state index contributed by atoms with van der Waals surface area (Å²) in [5.74, 6) is 0.860. The van der Waals surface area contributed by atoms with E-state index in [4.69, 9.17) is 0 Å². The van der Waals surface area contributed by atoms with Gasteiger partial charge >= 0.3 is 0 Å². The first-order valence-corrected chi connectivity index (χ1v) is 10.6. The highest BCUT2D eigenvalue weighted by Crippen LogP contribution is 2.29. The summed E-state index contributed by atoms with van der Waals surface area (Å²) in [7, 11) is 0. The maximum absolute atomic E-state index is 10.5. The first kappa shape index (κ1) is 21.9. The van der Waals surface area contributed by atoms with Gasteiger partial charge in [0.2, 0.25) is 0 Å². The standard InChI is InChI=1S/C19H32N4OS.HI/c1-2-20-18(21-15-19(24)8-3-4-9-19)22-17-5-10-23(11-6-17)13-16-7-12-25-14-16;/h7,12,14,17,24H,2-6,8-11,13,15H2,1H3,(H2,20,21,22);1H. The summed E-state index contributed by atoms with van der Waals surface area (Å²) in [5, 5.41) is 21.8. The number of hydrogen-bond acceptors (Lipinski definition) is 4. The van der Waals surface area contributed by atoms with E-state index in [1.807, 2.05) is 0 Å². The first-order valence-electron chi connectivity index (χ1n) is 9.67. The molecule has 1 saturated heterocycles. The molecule has 7 heteroatoms. The lowest BCUT2D eigenvalue weighted by Crippen LogP contribution is -2.49. The molecular formula is C19H33IN4OS. The molecule has 0 radical (unpaired) electrons. The Morgan fingerprint density at radius 3 is 2.69 bits per heavy atom. The van der Waals surface area contributed by atoms with Gasteiger partial charge in [-0.05, 0) is 55.0 Å². The fraction of sp³-hybridized carbons (Fsp3) is 0.737. The van der Waals surface area contributed by atoms with Crippen molar-refractivity contribution in [3.05, 3.63) is 22.4 Å². The molecule has 1 saturated carbocycles. The van der Waals surface area contributed by atoms with Gasteiger partial charge in [-0.15, -0.1) is 24.0 Å². The van der Waals surface area contributed by atoms with Crippen LogP contribution in [0.25, 0.3) is 0 Å². The second-order valence-electron chi connectivity index (χ2n) is 7.45. The number of hydrogen-bond donors (Lipinski definition) is 3. The van der Waals surface area contributed by atoms with Crippen molar-refractivity contribution in [2.45, 2.75) is 63.6 Å². The molecule has 148 valence electrons. The van der Waals surface area contributed by atoms with E-state index in [0.717, 1.165) is 70.7 Å². The number of nitrogens with one attached hydrogen (secondary N) is 2.